The van der Waals surface area contributed by atoms with E-state index in [0.29, 0.717) is 5.41 Å². The summed E-state index contributed by atoms with van der Waals surface area (Å²) in [5.41, 5.74) is 0.430. The summed E-state index contributed by atoms with van der Waals surface area (Å²) in [6.45, 7) is 18.0. The van der Waals surface area contributed by atoms with E-state index in [1.165, 1.54) is 38.6 Å². The highest BCUT2D eigenvalue weighted by Gasteiger charge is 2.32. The van der Waals surface area contributed by atoms with E-state index in [1.54, 1.807) is 0 Å². The summed E-state index contributed by atoms with van der Waals surface area (Å²) in [6, 6.07) is 0.735. The number of rotatable bonds is 6. The van der Waals surface area contributed by atoms with Gasteiger partial charge in [-0.15, -0.1) is 0 Å². The van der Waals surface area contributed by atoms with Gasteiger partial charge in [0.15, 0.2) is 0 Å². The highest BCUT2D eigenvalue weighted by Crippen LogP contribution is 2.38. The molecule has 5 atom stereocenters. The van der Waals surface area contributed by atoms with E-state index < -0.39 is 0 Å². The average molecular weight is 282 g/mol. The van der Waals surface area contributed by atoms with Crippen LogP contribution < -0.4 is 5.32 Å². The molecule has 1 aliphatic rings. The number of nitrogens with one attached hydrogen (secondary N) is 1. The van der Waals surface area contributed by atoms with Crippen LogP contribution in [0.1, 0.15) is 80.6 Å². The van der Waals surface area contributed by atoms with Crippen LogP contribution in [0.25, 0.3) is 0 Å². The maximum Gasteiger partial charge on any atom is 0.00981 e. The van der Waals surface area contributed by atoms with Gasteiger partial charge in [-0.05, 0) is 61.3 Å². The first-order valence-electron chi connectivity index (χ1n) is 8.99. The summed E-state index contributed by atoms with van der Waals surface area (Å²) in [6.07, 6.45) is 6.89. The lowest BCUT2D eigenvalue weighted by atomic mass is 9.70. The van der Waals surface area contributed by atoms with Crippen LogP contribution in [-0.2, 0) is 0 Å². The van der Waals surface area contributed by atoms with Gasteiger partial charge in [0.25, 0.3) is 0 Å². The fraction of sp³-hybridized carbons (Fsp3) is 1.00. The molecule has 0 radical (unpaired) electrons. The predicted molar refractivity (Wildman–Crippen MR) is 91.0 cm³/mol. The molecule has 20 heavy (non-hydrogen) atoms. The quantitative estimate of drug-likeness (QED) is 0.678. The largest absolute Gasteiger partial charge is 0.314 e. The zero-order valence-electron chi connectivity index (χ0n) is 15.1. The lowest BCUT2D eigenvalue weighted by Gasteiger charge is -2.40. The van der Waals surface area contributed by atoms with Crippen molar-refractivity contribution in [2.24, 2.45) is 29.1 Å². The van der Waals surface area contributed by atoms with E-state index in [9.17, 15) is 0 Å². The molecule has 0 aromatic heterocycles. The zero-order chi connectivity index (χ0) is 15.3. The van der Waals surface area contributed by atoms with Gasteiger partial charge >= 0.3 is 0 Å². The SMILES string of the molecule is CCCNC(CC(C)C(C)(C)C)C1CCC(C)C(C)C1. The molecule has 1 N–H and O–H groups in total. The van der Waals surface area contributed by atoms with Crippen LogP contribution in [-0.4, -0.2) is 12.6 Å². The Bertz CT molecular complexity index is 265. The summed E-state index contributed by atoms with van der Waals surface area (Å²) < 4.78 is 0. The van der Waals surface area contributed by atoms with Crippen LogP contribution in [0, 0.1) is 29.1 Å². The Morgan fingerprint density at radius 2 is 1.75 bits per heavy atom. The molecule has 0 aromatic carbocycles. The Morgan fingerprint density at radius 1 is 1.10 bits per heavy atom. The molecule has 120 valence electrons. The molecule has 1 saturated carbocycles. The minimum atomic E-state index is 0.430. The van der Waals surface area contributed by atoms with Crippen LogP contribution in [0.3, 0.4) is 0 Å². The molecule has 0 spiro atoms. The van der Waals surface area contributed by atoms with Gasteiger partial charge in [-0.2, -0.15) is 0 Å². The Morgan fingerprint density at radius 3 is 2.25 bits per heavy atom. The molecule has 1 fully saturated rings. The Hall–Kier alpha value is -0.0400. The van der Waals surface area contributed by atoms with Crippen molar-refractivity contribution < 1.29 is 0 Å². The van der Waals surface area contributed by atoms with E-state index in [1.807, 2.05) is 0 Å². The van der Waals surface area contributed by atoms with E-state index in [2.05, 4.69) is 53.8 Å². The van der Waals surface area contributed by atoms with E-state index in [4.69, 9.17) is 0 Å². The van der Waals surface area contributed by atoms with Gasteiger partial charge in [-0.1, -0.05) is 54.9 Å². The van der Waals surface area contributed by atoms with Crippen molar-refractivity contribution >= 4 is 0 Å². The van der Waals surface area contributed by atoms with Gasteiger partial charge in [0.1, 0.15) is 0 Å². The molecule has 0 heterocycles. The first-order valence-corrected chi connectivity index (χ1v) is 8.99. The summed E-state index contributed by atoms with van der Waals surface area (Å²) in [5.74, 6) is 3.52. The minimum absolute atomic E-state index is 0.430. The second kappa shape index (κ2) is 7.82. The van der Waals surface area contributed by atoms with Gasteiger partial charge in [0.05, 0.1) is 0 Å². The van der Waals surface area contributed by atoms with Crippen LogP contribution in [0.4, 0.5) is 0 Å². The molecular formula is C19H39N. The van der Waals surface area contributed by atoms with Gasteiger partial charge in [0.2, 0.25) is 0 Å². The molecule has 0 bridgehead atoms. The molecule has 0 aromatic rings. The van der Waals surface area contributed by atoms with Crippen molar-refractivity contribution in [3.8, 4) is 0 Å². The molecule has 0 aliphatic heterocycles. The van der Waals surface area contributed by atoms with Gasteiger partial charge in [-0.25, -0.2) is 0 Å². The first kappa shape index (κ1) is 18.0. The summed E-state index contributed by atoms with van der Waals surface area (Å²) in [5, 5.41) is 3.88. The lowest BCUT2D eigenvalue weighted by Crippen LogP contribution is -2.42. The molecule has 1 rings (SSSR count). The molecule has 0 amide bonds. The number of hydrogen-bond acceptors (Lipinski definition) is 1. The monoisotopic (exact) mass is 281 g/mol. The Balaban J connectivity index is 2.64. The van der Waals surface area contributed by atoms with E-state index >= 15 is 0 Å². The molecule has 0 saturated heterocycles. The third kappa shape index (κ3) is 5.39. The first-order chi connectivity index (χ1) is 9.25. The van der Waals surface area contributed by atoms with Crippen molar-refractivity contribution in [2.45, 2.75) is 86.6 Å². The fourth-order valence-electron chi connectivity index (χ4n) is 3.46. The van der Waals surface area contributed by atoms with E-state index in [0.717, 1.165) is 29.7 Å². The van der Waals surface area contributed by atoms with E-state index in [-0.39, 0.29) is 0 Å². The highest BCUT2D eigenvalue weighted by atomic mass is 14.9. The maximum atomic E-state index is 3.88. The normalized spacial score (nSPS) is 31.1. The van der Waals surface area contributed by atoms with Crippen molar-refractivity contribution in [1.82, 2.24) is 5.32 Å². The van der Waals surface area contributed by atoms with Crippen LogP contribution in [0.2, 0.25) is 0 Å². The second-order valence-corrected chi connectivity index (χ2v) is 8.59. The average Bonchev–Trinajstić information content (AvgIpc) is 2.36. The lowest BCUT2D eigenvalue weighted by molar-refractivity contribution is 0.136. The minimum Gasteiger partial charge on any atom is -0.314 e. The molecule has 1 aliphatic carbocycles. The summed E-state index contributed by atoms with van der Waals surface area (Å²) in [7, 11) is 0. The van der Waals surface area contributed by atoms with Crippen molar-refractivity contribution in [3.05, 3.63) is 0 Å². The van der Waals surface area contributed by atoms with Gasteiger partial charge < -0.3 is 5.32 Å². The number of hydrogen-bond donors (Lipinski definition) is 1. The van der Waals surface area contributed by atoms with Gasteiger partial charge in [-0.3, -0.25) is 0 Å². The standard InChI is InChI=1S/C19H39N/c1-8-11-20-18(13-16(4)19(5,6)7)17-10-9-14(2)15(3)12-17/h14-18,20H,8-13H2,1-7H3. The summed E-state index contributed by atoms with van der Waals surface area (Å²) in [4.78, 5) is 0. The molecule has 1 heteroatoms. The third-order valence-electron chi connectivity index (χ3n) is 5.95. The van der Waals surface area contributed by atoms with Crippen LogP contribution in [0.15, 0.2) is 0 Å². The van der Waals surface area contributed by atoms with Crippen molar-refractivity contribution in [3.63, 3.8) is 0 Å². The molecular weight excluding hydrogens is 242 g/mol. The maximum absolute atomic E-state index is 3.88. The van der Waals surface area contributed by atoms with Gasteiger partial charge in [0, 0.05) is 6.04 Å². The van der Waals surface area contributed by atoms with Crippen molar-refractivity contribution in [1.29, 1.82) is 0 Å². The second-order valence-electron chi connectivity index (χ2n) is 8.59. The highest BCUT2D eigenvalue weighted by molar-refractivity contribution is 4.86. The molecule has 1 nitrogen and oxygen atoms in total. The summed E-state index contributed by atoms with van der Waals surface area (Å²) >= 11 is 0. The fourth-order valence-corrected chi connectivity index (χ4v) is 3.46. The Labute approximate surface area is 128 Å². The smallest absolute Gasteiger partial charge is 0.00981 e. The molecule has 5 unspecified atom stereocenters. The Kier molecular flexibility index (Phi) is 7.04. The van der Waals surface area contributed by atoms with Crippen molar-refractivity contribution in [2.75, 3.05) is 6.54 Å². The van der Waals surface area contributed by atoms with Crippen LogP contribution in [0.5, 0.6) is 0 Å². The van der Waals surface area contributed by atoms with Crippen LogP contribution >= 0.6 is 0 Å². The predicted octanol–water partition coefficient (Wildman–Crippen LogP) is 5.50. The topological polar surface area (TPSA) is 12.0 Å². The third-order valence-corrected chi connectivity index (χ3v) is 5.95. The zero-order valence-corrected chi connectivity index (χ0v) is 15.1.